The van der Waals surface area contributed by atoms with Crippen LogP contribution in [-0.4, -0.2) is 0 Å². The highest BCUT2D eigenvalue weighted by molar-refractivity contribution is 7.38. The molecule has 0 nitrogen and oxygen atoms in total. The Morgan fingerprint density at radius 3 is 2.40 bits per heavy atom. The number of aryl methyl sites for hydroxylation is 1. The molecule has 110 valence electrons. The lowest BCUT2D eigenvalue weighted by molar-refractivity contribution is -0.0868. The van der Waals surface area contributed by atoms with Gasteiger partial charge in [-0.05, 0) is 31.4 Å². The van der Waals surface area contributed by atoms with Gasteiger partial charge in [-0.15, -0.1) is 13.2 Å². The van der Waals surface area contributed by atoms with Gasteiger partial charge in [-0.2, -0.15) is 0 Å². The fourth-order valence-corrected chi connectivity index (χ4v) is 5.33. The van der Waals surface area contributed by atoms with Crippen LogP contribution in [0, 0.1) is 6.92 Å². The van der Waals surface area contributed by atoms with E-state index in [4.69, 9.17) is 0 Å². The maximum atomic E-state index is 13.4. The van der Waals surface area contributed by atoms with E-state index in [0.29, 0.717) is 9.58 Å². The molecule has 0 N–H and O–H groups in total. The molecule has 0 radical (unpaired) electrons. The fourth-order valence-electron chi connectivity index (χ4n) is 3.10. The molecule has 1 unspecified atom stereocenters. The van der Waals surface area contributed by atoms with E-state index in [0.717, 1.165) is 36.6 Å². The van der Waals surface area contributed by atoms with E-state index in [1.54, 1.807) is 12.1 Å². The first-order chi connectivity index (χ1) is 8.98. The number of hydrogen-bond donors (Lipinski definition) is 0. The Morgan fingerprint density at radius 1 is 1.15 bits per heavy atom. The minimum atomic E-state index is -4.15. The van der Waals surface area contributed by atoms with Gasteiger partial charge >= 0.3 is 5.51 Å². The molecule has 1 aromatic heterocycles. The predicted molar refractivity (Wildman–Crippen MR) is 73.7 cm³/mol. The normalized spacial score (nSPS) is 17.5. The van der Waals surface area contributed by atoms with Crippen molar-refractivity contribution in [1.29, 1.82) is 0 Å². The highest BCUT2D eigenvalue weighted by atomic mass is 35.5. The quantitative estimate of drug-likeness (QED) is 0.709. The number of rotatable bonds is 1. The van der Waals surface area contributed by atoms with Crippen LogP contribution in [0.1, 0.15) is 42.0 Å². The summed E-state index contributed by atoms with van der Waals surface area (Å²) in [5.41, 5.74) is -3.19. The van der Waals surface area contributed by atoms with Crippen LogP contribution >= 0.6 is 10.5 Å². The maximum absolute atomic E-state index is 13.4. The van der Waals surface area contributed by atoms with Crippen LogP contribution in [-0.2, 0) is 5.51 Å². The van der Waals surface area contributed by atoms with Gasteiger partial charge in [0.2, 0.25) is 0 Å². The van der Waals surface area contributed by atoms with E-state index in [2.05, 4.69) is 0 Å². The third-order valence-electron chi connectivity index (χ3n) is 4.02. The molecule has 3 rings (SSSR count). The average molecular weight is 321 g/mol. The number of benzene rings is 1. The Labute approximate surface area is 125 Å². The zero-order valence-corrected chi connectivity index (χ0v) is 12.7. The molecule has 1 atom stereocenters. The molecule has 0 saturated heterocycles. The molecule has 1 aliphatic carbocycles. The highest BCUT2D eigenvalue weighted by Crippen LogP contribution is 2.55. The second kappa shape index (κ2) is 5.57. The zero-order valence-electron chi connectivity index (χ0n) is 11.1. The van der Waals surface area contributed by atoms with Crippen molar-refractivity contribution in [1.82, 2.24) is 0 Å². The van der Waals surface area contributed by atoms with Gasteiger partial charge in [0.1, 0.15) is 0 Å². The summed E-state index contributed by atoms with van der Waals surface area (Å²) in [6.45, 7) is 1.89. The monoisotopic (exact) mass is 320 g/mol. The minimum Gasteiger partial charge on any atom is -1.00 e. The molecule has 0 amide bonds. The summed E-state index contributed by atoms with van der Waals surface area (Å²) in [5, 5.41) is 0.810. The summed E-state index contributed by atoms with van der Waals surface area (Å²) >= 11 is 0. The summed E-state index contributed by atoms with van der Waals surface area (Å²) in [6, 6.07) is 7.12. The van der Waals surface area contributed by atoms with Crippen molar-refractivity contribution in [2.24, 2.45) is 0 Å². The predicted octanol–water partition coefficient (Wildman–Crippen LogP) is 3.04. The molecular formula is C15H16ClF3S. The molecule has 0 spiro atoms. The lowest BCUT2D eigenvalue weighted by Gasteiger charge is -2.05. The molecule has 1 saturated carbocycles. The van der Waals surface area contributed by atoms with E-state index >= 15 is 0 Å². The summed E-state index contributed by atoms with van der Waals surface area (Å²) < 4.78 is 40.8. The van der Waals surface area contributed by atoms with E-state index < -0.39 is 16.0 Å². The topological polar surface area (TPSA) is 0 Å². The van der Waals surface area contributed by atoms with Crippen LogP contribution in [0.2, 0.25) is 0 Å². The Hall–Kier alpha value is -0.740. The second-order valence-electron chi connectivity index (χ2n) is 5.27. The molecule has 0 bridgehead atoms. The molecule has 1 fully saturated rings. The van der Waals surface area contributed by atoms with Gasteiger partial charge < -0.3 is 12.4 Å². The largest absolute Gasteiger partial charge is 1.00 e. The molecule has 20 heavy (non-hydrogen) atoms. The van der Waals surface area contributed by atoms with E-state index in [-0.39, 0.29) is 18.3 Å². The smallest absolute Gasteiger partial charge is 0.600 e. The molecule has 1 aliphatic rings. The van der Waals surface area contributed by atoms with Crippen molar-refractivity contribution >= 4 is 20.6 Å². The first kappa shape index (κ1) is 15.6. The number of thiophene rings is 1. The molecule has 1 aromatic carbocycles. The third kappa shape index (κ3) is 2.56. The van der Waals surface area contributed by atoms with Gasteiger partial charge in [0.15, 0.2) is 9.58 Å². The van der Waals surface area contributed by atoms with E-state index in [9.17, 15) is 13.2 Å². The van der Waals surface area contributed by atoms with Gasteiger partial charge in [0, 0.05) is 17.4 Å². The lowest BCUT2D eigenvalue weighted by Crippen LogP contribution is -3.00. The second-order valence-corrected chi connectivity index (χ2v) is 7.25. The van der Waals surface area contributed by atoms with Gasteiger partial charge in [-0.3, -0.25) is 0 Å². The first-order valence-electron chi connectivity index (χ1n) is 6.61. The molecular weight excluding hydrogens is 305 g/mol. The van der Waals surface area contributed by atoms with Crippen LogP contribution in [0.25, 0.3) is 10.1 Å². The summed E-state index contributed by atoms with van der Waals surface area (Å²) in [6.07, 6.45) is 3.95. The zero-order chi connectivity index (χ0) is 13.6. The van der Waals surface area contributed by atoms with Crippen LogP contribution in [0.4, 0.5) is 13.2 Å². The SMILES string of the molecule is Cc1cccc2c1cc(C1CCCC1)[s+]2C(F)(F)F.[Cl-]. The van der Waals surface area contributed by atoms with Gasteiger partial charge in [-0.25, -0.2) is 0 Å². The minimum absolute atomic E-state index is 0. The van der Waals surface area contributed by atoms with Crippen molar-refractivity contribution in [3.05, 3.63) is 34.7 Å². The number of fused-ring (bicyclic) bond motifs is 1. The van der Waals surface area contributed by atoms with Crippen LogP contribution in [0.3, 0.4) is 0 Å². The van der Waals surface area contributed by atoms with E-state index in [1.165, 1.54) is 0 Å². The van der Waals surface area contributed by atoms with Crippen molar-refractivity contribution < 1.29 is 25.6 Å². The Kier molecular flexibility index (Phi) is 4.35. The van der Waals surface area contributed by atoms with Crippen LogP contribution < -0.4 is 12.4 Å². The molecule has 5 heteroatoms. The van der Waals surface area contributed by atoms with Crippen LogP contribution in [0.15, 0.2) is 24.3 Å². The van der Waals surface area contributed by atoms with Crippen molar-refractivity contribution in [2.45, 2.75) is 44.0 Å². The van der Waals surface area contributed by atoms with Crippen molar-refractivity contribution in [3.8, 4) is 0 Å². The third-order valence-corrected chi connectivity index (χ3v) is 6.20. The Morgan fingerprint density at radius 2 is 1.80 bits per heavy atom. The highest BCUT2D eigenvalue weighted by Gasteiger charge is 2.49. The maximum Gasteiger partial charge on any atom is 0.600 e. The first-order valence-corrected chi connectivity index (χ1v) is 7.83. The number of alkyl halides is 3. The summed E-state index contributed by atoms with van der Waals surface area (Å²) in [7, 11) is -1.70. The standard InChI is InChI=1S/C15H16F3S.ClH/c1-10-5-4-8-13-12(10)9-14(11-6-2-3-7-11)19(13)15(16,17)18;/h4-5,8-9,11H,2-3,6-7H2,1H3;1H/q+1;/p-1. The van der Waals surface area contributed by atoms with Gasteiger partial charge in [-0.1, -0.05) is 25.0 Å². The van der Waals surface area contributed by atoms with Gasteiger partial charge in [0.05, 0.1) is 10.5 Å². The molecule has 1 heterocycles. The fraction of sp³-hybridized carbons (Fsp3) is 0.467. The summed E-state index contributed by atoms with van der Waals surface area (Å²) in [5.74, 6) is 0.136. The molecule has 0 aliphatic heterocycles. The average Bonchev–Trinajstić information content (AvgIpc) is 2.94. The number of halogens is 4. The van der Waals surface area contributed by atoms with Crippen molar-refractivity contribution in [3.63, 3.8) is 0 Å². The van der Waals surface area contributed by atoms with Crippen molar-refractivity contribution in [2.75, 3.05) is 0 Å². The Bertz CT molecular complexity index is 609. The molecule has 2 aromatic rings. The number of hydrogen-bond acceptors (Lipinski definition) is 0. The van der Waals surface area contributed by atoms with Crippen LogP contribution in [0.5, 0.6) is 0 Å². The Balaban J connectivity index is 0.00000147. The van der Waals surface area contributed by atoms with E-state index in [1.807, 2.05) is 19.1 Å². The van der Waals surface area contributed by atoms with Gasteiger partial charge in [0.25, 0.3) is 0 Å². The lowest BCUT2D eigenvalue weighted by atomic mass is 10.0. The summed E-state index contributed by atoms with van der Waals surface area (Å²) in [4.78, 5) is 0.634.